The van der Waals surface area contributed by atoms with E-state index in [4.69, 9.17) is 9.47 Å². The summed E-state index contributed by atoms with van der Waals surface area (Å²) < 4.78 is 11.3. The molecule has 1 aliphatic heterocycles. The number of rotatable bonds is 8. The van der Waals surface area contributed by atoms with Crippen LogP contribution < -0.4 is 20.5 Å². The van der Waals surface area contributed by atoms with Gasteiger partial charge in [0.25, 0.3) is 5.56 Å². The maximum atomic E-state index is 12.6. The Morgan fingerprint density at radius 2 is 2.09 bits per heavy atom. The first kappa shape index (κ1) is 22.3. The number of hydrogen-bond acceptors (Lipinski definition) is 7. The number of aromatic nitrogens is 3. The molecule has 0 spiro atoms. The molecule has 0 aromatic carbocycles. The third kappa shape index (κ3) is 5.85. The van der Waals surface area contributed by atoms with E-state index >= 15 is 0 Å². The normalized spacial score (nSPS) is 16.8. The van der Waals surface area contributed by atoms with E-state index in [1.54, 1.807) is 6.20 Å². The molecule has 2 N–H and O–H groups in total. The van der Waals surface area contributed by atoms with Crippen LogP contribution in [0.4, 0.5) is 5.95 Å². The van der Waals surface area contributed by atoms with Gasteiger partial charge in [0.1, 0.15) is 6.10 Å². The molecule has 2 aromatic heterocycles. The molecule has 9 nitrogen and oxygen atoms in total. The molecule has 1 amide bonds. The van der Waals surface area contributed by atoms with Crippen LogP contribution in [0.2, 0.25) is 0 Å². The van der Waals surface area contributed by atoms with Crippen molar-refractivity contribution in [3.05, 3.63) is 45.5 Å². The minimum atomic E-state index is -0.186. The number of aromatic amines is 1. The number of H-pyrrole nitrogens is 1. The van der Waals surface area contributed by atoms with Crippen LogP contribution >= 0.6 is 0 Å². The number of morpholine rings is 1. The van der Waals surface area contributed by atoms with Crippen LogP contribution in [0, 0.1) is 6.92 Å². The van der Waals surface area contributed by atoms with Gasteiger partial charge >= 0.3 is 0 Å². The number of hydrogen-bond donors (Lipinski definition) is 2. The number of anilines is 1. The van der Waals surface area contributed by atoms with Gasteiger partial charge in [0.15, 0.2) is 0 Å². The zero-order valence-electron chi connectivity index (χ0n) is 18.6. The Morgan fingerprint density at radius 3 is 2.84 bits per heavy atom. The number of carbonyl (C=O) groups excluding carboxylic acids is 1. The van der Waals surface area contributed by atoms with E-state index < -0.39 is 0 Å². The summed E-state index contributed by atoms with van der Waals surface area (Å²) in [5.74, 6) is 1.06. The predicted molar refractivity (Wildman–Crippen MR) is 120 cm³/mol. The van der Waals surface area contributed by atoms with Crippen LogP contribution in [-0.2, 0) is 22.5 Å². The highest BCUT2D eigenvalue weighted by Crippen LogP contribution is 2.23. The van der Waals surface area contributed by atoms with E-state index in [1.807, 2.05) is 24.0 Å². The molecule has 1 saturated carbocycles. The molecule has 172 valence electrons. The molecule has 4 rings (SSSR count). The quantitative estimate of drug-likeness (QED) is 0.644. The SMILES string of the molecule is Cc1nc(N2CCOCC2)[nH]c(=O)c1CCC(=O)NCc1ccnc(OC2CCCC2)c1. The highest BCUT2D eigenvalue weighted by Gasteiger charge is 2.18. The zero-order chi connectivity index (χ0) is 22.3. The van der Waals surface area contributed by atoms with Gasteiger partial charge in [0, 0.05) is 49.6 Å². The van der Waals surface area contributed by atoms with Crippen molar-refractivity contribution in [2.24, 2.45) is 0 Å². The number of amides is 1. The minimum Gasteiger partial charge on any atom is -0.474 e. The topological polar surface area (TPSA) is 109 Å². The molecule has 2 aliphatic rings. The van der Waals surface area contributed by atoms with Gasteiger partial charge in [0.05, 0.1) is 13.2 Å². The monoisotopic (exact) mass is 441 g/mol. The Morgan fingerprint density at radius 1 is 1.31 bits per heavy atom. The van der Waals surface area contributed by atoms with Crippen molar-refractivity contribution in [2.75, 3.05) is 31.2 Å². The molecule has 9 heteroatoms. The summed E-state index contributed by atoms with van der Waals surface area (Å²) in [6.07, 6.45) is 7.07. The Labute approximate surface area is 187 Å². The standard InChI is InChI=1S/C23H31N5O4/c1-16-19(22(30)27-23(26-16)28-10-12-31-13-11-28)6-7-20(29)25-15-17-8-9-24-21(14-17)32-18-4-2-3-5-18/h8-9,14,18H,2-7,10-13,15H2,1H3,(H,25,29)(H,26,27,30). The van der Waals surface area contributed by atoms with Crippen molar-refractivity contribution in [1.82, 2.24) is 20.3 Å². The van der Waals surface area contributed by atoms with E-state index in [2.05, 4.69) is 20.3 Å². The average Bonchev–Trinajstić information content (AvgIpc) is 3.31. The van der Waals surface area contributed by atoms with Crippen molar-refractivity contribution in [3.8, 4) is 5.88 Å². The van der Waals surface area contributed by atoms with Crippen molar-refractivity contribution in [2.45, 2.75) is 58.1 Å². The van der Waals surface area contributed by atoms with E-state index in [1.165, 1.54) is 12.8 Å². The average molecular weight is 442 g/mol. The van der Waals surface area contributed by atoms with Crippen LogP contribution in [0.25, 0.3) is 0 Å². The van der Waals surface area contributed by atoms with E-state index in [-0.39, 0.29) is 24.0 Å². The Kier molecular flexibility index (Phi) is 7.36. The largest absolute Gasteiger partial charge is 0.474 e. The van der Waals surface area contributed by atoms with Gasteiger partial charge in [-0.1, -0.05) is 0 Å². The van der Waals surface area contributed by atoms with Crippen molar-refractivity contribution >= 4 is 11.9 Å². The molecule has 2 aromatic rings. The van der Waals surface area contributed by atoms with Crippen LogP contribution in [0.5, 0.6) is 5.88 Å². The van der Waals surface area contributed by atoms with Gasteiger partial charge < -0.3 is 19.7 Å². The lowest BCUT2D eigenvalue weighted by Crippen LogP contribution is -2.38. The van der Waals surface area contributed by atoms with Crippen molar-refractivity contribution in [1.29, 1.82) is 0 Å². The summed E-state index contributed by atoms with van der Waals surface area (Å²) in [5, 5.41) is 2.92. The molecule has 1 aliphatic carbocycles. The van der Waals surface area contributed by atoms with Gasteiger partial charge in [0.2, 0.25) is 17.7 Å². The van der Waals surface area contributed by atoms with Gasteiger partial charge in [-0.05, 0) is 50.7 Å². The molecule has 3 heterocycles. The summed E-state index contributed by atoms with van der Waals surface area (Å²) >= 11 is 0. The molecule has 0 radical (unpaired) electrons. The third-order valence-electron chi connectivity index (χ3n) is 6.00. The van der Waals surface area contributed by atoms with Crippen LogP contribution in [0.3, 0.4) is 0 Å². The summed E-state index contributed by atoms with van der Waals surface area (Å²) in [6.45, 7) is 4.85. The maximum absolute atomic E-state index is 12.6. The highest BCUT2D eigenvalue weighted by molar-refractivity contribution is 5.76. The maximum Gasteiger partial charge on any atom is 0.255 e. The second-order valence-electron chi connectivity index (χ2n) is 8.36. The molecule has 0 bridgehead atoms. The first-order valence-corrected chi connectivity index (χ1v) is 11.4. The fourth-order valence-corrected chi connectivity index (χ4v) is 4.14. The summed E-state index contributed by atoms with van der Waals surface area (Å²) in [4.78, 5) is 38.6. The van der Waals surface area contributed by atoms with E-state index in [0.717, 1.165) is 18.4 Å². The minimum absolute atomic E-state index is 0.115. The van der Waals surface area contributed by atoms with Gasteiger partial charge in [-0.15, -0.1) is 0 Å². The lowest BCUT2D eigenvalue weighted by Gasteiger charge is -2.27. The first-order valence-electron chi connectivity index (χ1n) is 11.4. The number of pyridine rings is 1. The van der Waals surface area contributed by atoms with E-state index in [9.17, 15) is 9.59 Å². The fourth-order valence-electron chi connectivity index (χ4n) is 4.14. The predicted octanol–water partition coefficient (Wildman–Crippen LogP) is 1.88. The lowest BCUT2D eigenvalue weighted by atomic mass is 10.1. The molecule has 1 saturated heterocycles. The van der Waals surface area contributed by atoms with E-state index in [0.29, 0.717) is 62.4 Å². The fraction of sp³-hybridized carbons (Fsp3) is 0.565. The Bertz CT molecular complexity index is 981. The highest BCUT2D eigenvalue weighted by atomic mass is 16.5. The molecule has 0 unspecified atom stereocenters. The second-order valence-corrected chi connectivity index (χ2v) is 8.36. The number of carbonyl (C=O) groups is 1. The molecule has 32 heavy (non-hydrogen) atoms. The Hall–Kier alpha value is -2.94. The number of ether oxygens (including phenoxy) is 2. The van der Waals surface area contributed by atoms with Crippen LogP contribution in [-0.4, -0.2) is 53.3 Å². The molecular formula is C23H31N5O4. The van der Waals surface area contributed by atoms with Crippen LogP contribution in [0.15, 0.2) is 23.1 Å². The number of nitrogens with zero attached hydrogens (tertiary/aromatic N) is 3. The smallest absolute Gasteiger partial charge is 0.255 e. The van der Waals surface area contributed by atoms with Gasteiger partial charge in [-0.3, -0.25) is 14.6 Å². The molecule has 0 atom stereocenters. The lowest BCUT2D eigenvalue weighted by molar-refractivity contribution is -0.121. The van der Waals surface area contributed by atoms with Crippen molar-refractivity contribution < 1.29 is 14.3 Å². The van der Waals surface area contributed by atoms with Gasteiger partial charge in [-0.2, -0.15) is 0 Å². The third-order valence-corrected chi connectivity index (χ3v) is 6.00. The molecular weight excluding hydrogens is 410 g/mol. The number of aryl methyl sites for hydroxylation is 1. The summed E-state index contributed by atoms with van der Waals surface area (Å²) in [7, 11) is 0. The zero-order valence-corrected chi connectivity index (χ0v) is 18.6. The number of nitrogens with one attached hydrogen (secondary N) is 2. The second kappa shape index (κ2) is 10.6. The summed E-state index contributed by atoms with van der Waals surface area (Å²) in [6, 6.07) is 3.74. The van der Waals surface area contributed by atoms with Crippen LogP contribution in [0.1, 0.15) is 48.9 Å². The van der Waals surface area contributed by atoms with Crippen molar-refractivity contribution in [3.63, 3.8) is 0 Å². The Balaban J connectivity index is 1.28. The summed E-state index contributed by atoms with van der Waals surface area (Å²) in [5.41, 5.74) is 1.96. The first-order chi connectivity index (χ1) is 15.6. The molecule has 2 fully saturated rings. The van der Waals surface area contributed by atoms with Gasteiger partial charge in [-0.25, -0.2) is 9.97 Å².